The highest BCUT2D eigenvalue weighted by Gasteiger charge is 2.32. The van der Waals surface area contributed by atoms with Gasteiger partial charge in [-0.25, -0.2) is 4.79 Å². The molecule has 6 nitrogen and oxygen atoms in total. The largest absolute Gasteiger partial charge is 0.480 e. The Morgan fingerprint density at radius 2 is 1.96 bits per heavy atom. The number of aliphatic carboxylic acids is 1. The molecule has 152 valence electrons. The van der Waals surface area contributed by atoms with Crippen LogP contribution in [0, 0.1) is 12.8 Å². The van der Waals surface area contributed by atoms with Gasteiger partial charge in [0.2, 0.25) is 5.91 Å². The number of carbonyl (C=O) groups is 2. The van der Waals surface area contributed by atoms with E-state index in [1.807, 2.05) is 51.1 Å². The maximum Gasteiger partial charge on any atom is 0.326 e. The lowest BCUT2D eigenvalue weighted by Gasteiger charge is -2.22. The predicted molar refractivity (Wildman–Crippen MR) is 116 cm³/mol. The molecule has 0 saturated carbocycles. The number of aliphatic hydroxyl groups excluding tert-OH is 1. The third-order valence-corrected chi connectivity index (χ3v) is 5.75. The van der Waals surface area contributed by atoms with Crippen LogP contribution in [0.4, 0.5) is 0 Å². The number of carboxylic acids is 1. The van der Waals surface area contributed by atoms with Crippen molar-refractivity contribution in [2.24, 2.45) is 5.92 Å². The summed E-state index contributed by atoms with van der Waals surface area (Å²) in [5, 5.41) is 22.3. The summed E-state index contributed by atoms with van der Waals surface area (Å²) in [4.78, 5) is 25.7. The van der Waals surface area contributed by atoms with E-state index >= 15 is 0 Å². The zero-order valence-electron chi connectivity index (χ0n) is 16.2. The number of benzene rings is 1. The smallest absolute Gasteiger partial charge is 0.326 e. The van der Waals surface area contributed by atoms with Gasteiger partial charge in [0.1, 0.15) is 10.4 Å². The lowest BCUT2D eigenvalue weighted by molar-refractivity contribution is -0.142. The normalized spacial score (nSPS) is 19.3. The number of rotatable bonds is 8. The highest BCUT2D eigenvalue weighted by Crippen LogP contribution is 2.35. The third kappa shape index (κ3) is 6.32. The van der Waals surface area contributed by atoms with Crippen LogP contribution in [0.3, 0.4) is 0 Å². The van der Waals surface area contributed by atoms with Crippen molar-refractivity contribution in [2.75, 3.05) is 6.54 Å². The van der Waals surface area contributed by atoms with Crippen LogP contribution in [0.2, 0.25) is 0 Å². The van der Waals surface area contributed by atoms with Crippen LogP contribution >= 0.6 is 24.0 Å². The molecule has 0 bridgehead atoms. The van der Waals surface area contributed by atoms with Gasteiger partial charge in [-0.3, -0.25) is 4.79 Å². The van der Waals surface area contributed by atoms with Crippen LogP contribution in [0.5, 0.6) is 0 Å². The lowest BCUT2D eigenvalue weighted by Crippen LogP contribution is -2.43. The van der Waals surface area contributed by atoms with Crippen molar-refractivity contribution >= 4 is 46.3 Å². The molecule has 1 saturated heterocycles. The molecule has 0 aromatic heterocycles. The zero-order valence-corrected chi connectivity index (χ0v) is 17.8. The maximum absolute atomic E-state index is 12.2. The van der Waals surface area contributed by atoms with Crippen molar-refractivity contribution in [3.63, 3.8) is 0 Å². The summed E-state index contributed by atoms with van der Waals surface area (Å²) < 4.78 is 0.496. The SMILES string of the molecule is Cc1ccc(/C=C2/SC(=S)N(CCC(=O)NC(CC(C)C)C(=O)O)C2O)cc1. The van der Waals surface area contributed by atoms with Crippen LogP contribution in [0.1, 0.15) is 37.8 Å². The molecule has 0 aliphatic carbocycles. The second-order valence-corrected chi connectivity index (χ2v) is 8.94. The molecule has 1 amide bonds. The van der Waals surface area contributed by atoms with Crippen molar-refractivity contribution in [3.05, 3.63) is 40.3 Å². The van der Waals surface area contributed by atoms with Crippen LogP contribution < -0.4 is 5.32 Å². The Kier molecular flexibility index (Phi) is 8.03. The Balaban J connectivity index is 1.95. The number of amides is 1. The summed E-state index contributed by atoms with van der Waals surface area (Å²) in [5.41, 5.74) is 2.12. The molecule has 2 unspecified atom stereocenters. The first-order valence-corrected chi connectivity index (χ1v) is 10.4. The predicted octanol–water partition coefficient (Wildman–Crippen LogP) is 2.99. The van der Waals surface area contributed by atoms with Gasteiger partial charge in [0, 0.05) is 17.9 Å². The monoisotopic (exact) mass is 422 g/mol. The first-order valence-electron chi connectivity index (χ1n) is 9.14. The first kappa shape index (κ1) is 22.4. The molecule has 8 heteroatoms. The summed E-state index contributed by atoms with van der Waals surface area (Å²) in [6.07, 6.45) is 1.39. The van der Waals surface area contributed by atoms with Crippen molar-refractivity contribution in [3.8, 4) is 0 Å². The van der Waals surface area contributed by atoms with E-state index < -0.39 is 18.2 Å². The number of hydrogen-bond donors (Lipinski definition) is 3. The molecule has 3 N–H and O–H groups in total. The summed E-state index contributed by atoms with van der Waals surface area (Å²) in [5.74, 6) is -1.26. The first-order chi connectivity index (χ1) is 13.2. The number of nitrogens with one attached hydrogen (secondary N) is 1. The lowest BCUT2D eigenvalue weighted by atomic mass is 10.0. The number of aryl methyl sites for hydroxylation is 1. The summed E-state index contributed by atoms with van der Waals surface area (Å²) in [7, 11) is 0. The van der Waals surface area contributed by atoms with Gasteiger partial charge in [0.05, 0.1) is 0 Å². The van der Waals surface area contributed by atoms with Gasteiger partial charge < -0.3 is 20.4 Å². The average molecular weight is 423 g/mol. The van der Waals surface area contributed by atoms with Crippen molar-refractivity contribution < 1.29 is 19.8 Å². The number of carboxylic acid groups (broad SMARTS) is 1. The van der Waals surface area contributed by atoms with Gasteiger partial charge >= 0.3 is 5.97 Å². The number of thiocarbonyl (C=S) groups is 1. The Hall–Kier alpha value is -1.90. The number of nitrogens with zero attached hydrogens (tertiary/aromatic N) is 1. The van der Waals surface area contributed by atoms with Crippen LogP contribution in [-0.2, 0) is 9.59 Å². The fourth-order valence-corrected chi connectivity index (χ4v) is 4.21. The Morgan fingerprint density at radius 1 is 1.32 bits per heavy atom. The minimum atomic E-state index is -1.04. The van der Waals surface area contributed by atoms with Gasteiger partial charge in [-0.1, -0.05) is 67.7 Å². The quantitative estimate of drug-likeness (QED) is 0.555. The Bertz CT molecular complexity index is 762. The number of thioether (sulfide) groups is 1. The number of carbonyl (C=O) groups excluding carboxylic acids is 1. The highest BCUT2D eigenvalue weighted by molar-refractivity contribution is 8.25. The topological polar surface area (TPSA) is 89.9 Å². The van der Waals surface area contributed by atoms with Gasteiger partial charge in [0.15, 0.2) is 6.23 Å². The second kappa shape index (κ2) is 10.0. The van der Waals surface area contributed by atoms with Gasteiger partial charge in [0.25, 0.3) is 0 Å². The fourth-order valence-electron chi connectivity index (χ4n) is 2.79. The van der Waals surface area contributed by atoms with E-state index in [1.54, 1.807) is 4.90 Å². The number of hydrogen-bond acceptors (Lipinski definition) is 5. The van der Waals surface area contributed by atoms with E-state index in [1.165, 1.54) is 11.8 Å². The van der Waals surface area contributed by atoms with E-state index in [9.17, 15) is 19.8 Å². The maximum atomic E-state index is 12.2. The summed E-state index contributed by atoms with van der Waals surface area (Å²) in [6.45, 7) is 6.03. The van der Waals surface area contributed by atoms with Crippen LogP contribution in [0.15, 0.2) is 29.2 Å². The summed E-state index contributed by atoms with van der Waals surface area (Å²) >= 11 is 6.63. The molecule has 1 aliphatic rings. The van der Waals surface area contributed by atoms with E-state index in [2.05, 4.69) is 5.32 Å². The van der Waals surface area contributed by atoms with Crippen molar-refractivity contribution in [2.45, 2.75) is 45.9 Å². The van der Waals surface area contributed by atoms with E-state index in [-0.39, 0.29) is 24.8 Å². The summed E-state index contributed by atoms with van der Waals surface area (Å²) in [6, 6.07) is 7.02. The molecule has 0 spiro atoms. The molecule has 2 atom stereocenters. The minimum Gasteiger partial charge on any atom is -0.480 e. The Morgan fingerprint density at radius 3 is 2.54 bits per heavy atom. The molecule has 1 aromatic rings. The third-order valence-electron chi connectivity index (χ3n) is 4.30. The van der Waals surface area contributed by atoms with Gasteiger partial charge in [-0.15, -0.1) is 0 Å². The molecule has 1 aliphatic heterocycles. The van der Waals surface area contributed by atoms with Gasteiger partial charge in [-0.05, 0) is 30.9 Å². The standard InChI is InChI=1S/C20H26N2O4S2/c1-12(2)10-15(19(25)26)21-17(23)8-9-22-18(24)16(28-20(22)27)11-14-6-4-13(3)5-7-14/h4-7,11-12,15,18,24H,8-10H2,1-3H3,(H,21,23)(H,25,26)/b16-11+. The molecule has 1 aromatic carbocycles. The van der Waals surface area contributed by atoms with Crippen molar-refractivity contribution in [1.29, 1.82) is 0 Å². The van der Waals surface area contributed by atoms with Crippen molar-refractivity contribution in [1.82, 2.24) is 10.2 Å². The van der Waals surface area contributed by atoms with E-state index in [0.717, 1.165) is 11.1 Å². The van der Waals surface area contributed by atoms with E-state index in [4.69, 9.17) is 12.2 Å². The molecule has 1 heterocycles. The van der Waals surface area contributed by atoms with E-state index in [0.29, 0.717) is 15.6 Å². The number of aliphatic hydroxyl groups is 1. The van der Waals surface area contributed by atoms with Crippen LogP contribution in [-0.4, -0.2) is 50.1 Å². The molecular weight excluding hydrogens is 396 g/mol. The van der Waals surface area contributed by atoms with Crippen LogP contribution in [0.25, 0.3) is 6.08 Å². The second-order valence-electron chi connectivity index (χ2n) is 7.23. The molecule has 1 fully saturated rings. The highest BCUT2D eigenvalue weighted by atomic mass is 32.2. The van der Waals surface area contributed by atoms with Gasteiger partial charge in [-0.2, -0.15) is 0 Å². The zero-order chi connectivity index (χ0) is 20.8. The molecule has 2 rings (SSSR count). The Labute approximate surface area is 175 Å². The average Bonchev–Trinajstić information content (AvgIpc) is 2.87. The molecule has 28 heavy (non-hydrogen) atoms. The minimum absolute atomic E-state index is 0.0530. The molecule has 0 radical (unpaired) electrons. The molecular formula is C20H26N2O4S2. The fraction of sp³-hybridized carbons (Fsp3) is 0.450.